The minimum absolute atomic E-state index is 0.0266. The Bertz CT molecular complexity index is 1310. The predicted molar refractivity (Wildman–Crippen MR) is 171 cm³/mol. The summed E-state index contributed by atoms with van der Waals surface area (Å²) in [4.78, 5) is 50.9. The number of nitrogens with one attached hydrogen (secondary N) is 1. The summed E-state index contributed by atoms with van der Waals surface area (Å²) < 4.78 is 11.2. The smallest absolute Gasteiger partial charge is 0.407 e. The van der Waals surface area contributed by atoms with Gasteiger partial charge in [-0.05, 0) is 116 Å². The third-order valence-electron chi connectivity index (χ3n) is 14.3. The molecule has 0 unspecified atom stereocenters. The Kier molecular flexibility index (Phi) is 8.18. The summed E-state index contributed by atoms with van der Waals surface area (Å²) in [5.74, 6) is -0.0943. The van der Waals surface area contributed by atoms with Crippen LogP contribution in [0.1, 0.15) is 127 Å². The molecule has 4 fully saturated rings. The van der Waals surface area contributed by atoms with Crippen molar-refractivity contribution in [1.82, 2.24) is 5.32 Å². The molecule has 0 aromatic heterocycles. The number of hydrogen-bond acceptors (Lipinski definition) is 6. The minimum Gasteiger partial charge on any atom is -0.481 e. The Labute approximate surface area is 269 Å². The monoisotopic (exact) mass is 627 g/mol. The minimum atomic E-state index is -1.16. The van der Waals surface area contributed by atoms with Crippen LogP contribution >= 0.6 is 0 Å². The summed E-state index contributed by atoms with van der Waals surface area (Å²) in [6, 6.07) is 0. The van der Waals surface area contributed by atoms with E-state index in [0.717, 1.165) is 56.9 Å². The molecule has 0 bridgehead atoms. The Morgan fingerprint density at radius 2 is 1.60 bits per heavy atom. The number of fused-ring (bicyclic) bond motifs is 7. The second-order valence-corrected chi connectivity index (χ2v) is 17.6. The number of alkyl carbamates (subject to hydrolysis) is 1. The van der Waals surface area contributed by atoms with Crippen molar-refractivity contribution < 1.29 is 33.8 Å². The summed E-state index contributed by atoms with van der Waals surface area (Å²) in [5.41, 5.74) is 0.139. The predicted octanol–water partition coefficient (Wildman–Crippen LogP) is 7.49. The summed E-state index contributed by atoms with van der Waals surface area (Å²) in [5, 5.41) is 12.7. The summed E-state index contributed by atoms with van der Waals surface area (Å²) in [7, 11) is 1.39. The fourth-order valence-corrected chi connectivity index (χ4v) is 11.8. The molecule has 45 heavy (non-hydrogen) atoms. The second kappa shape index (κ2) is 10.8. The van der Waals surface area contributed by atoms with Gasteiger partial charge >= 0.3 is 18.0 Å². The zero-order valence-electron chi connectivity index (χ0n) is 29.4. The molecule has 1 amide bonds. The Morgan fingerprint density at radius 3 is 2.20 bits per heavy atom. The summed E-state index contributed by atoms with van der Waals surface area (Å²) >= 11 is 0. The first-order chi connectivity index (χ1) is 20.7. The number of methoxy groups -OCH3 is 1. The van der Waals surface area contributed by atoms with Crippen LogP contribution in [0, 0.1) is 50.7 Å². The molecule has 5 aliphatic rings. The molecule has 4 saturated carbocycles. The van der Waals surface area contributed by atoms with Crippen molar-refractivity contribution in [3.63, 3.8) is 0 Å². The number of esters is 1. The number of carboxylic acids is 1. The molecule has 0 aliphatic heterocycles. The molecule has 8 heteroatoms. The van der Waals surface area contributed by atoms with E-state index >= 15 is 0 Å². The lowest BCUT2D eigenvalue weighted by atomic mass is 9.33. The van der Waals surface area contributed by atoms with Crippen molar-refractivity contribution in [3.05, 3.63) is 11.1 Å². The van der Waals surface area contributed by atoms with Gasteiger partial charge in [-0.2, -0.15) is 0 Å². The van der Waals surface area contributed by atoms with Crippen LogP contribution in [0.5, 0.6) is 0 Å². The lowest BCUT2D eigenvalue weighted by Crippen LogP contribution is -2.67. The van der Waals surface area contributed by atoms with E-state index in [0.29, 0.717) is 18.3 Å². The molecule has 0 radical (unpaired) electrons. The maximum absolute atomic E-state index is 13.6. The van der Waals surface area contributed by atoms with E-state index in [1.165, 1.54) is 12.7 Å². The number of rotatable bonds is 6. The van der Waals surface area contributed by atoms with Gasteiger partial charge in [-0.25, -0.2) is 4.79 Å². The normalized spacial score (nSPS) is 40.6. The van der Waals surface area contributed by atoms with Crippen LogP contribution in [0.15, 0.2) is 11.1 Å². The van der Waals surface area contributed by atoms with Crippen LogP contribution in [-0.4, -0.2) is 47.7 Å². The fraction of sp³-hybridized carbons (Fsp3) is 0.838. The highest BCUT2D eigenvalue weighted by molar-refractivity contribution is 6.02. The Balaban J connectivity index is 1.46. The summed E-state index contributed by atoms with van der Waals surface area (Å²) in [6.45, 7) is 19.3. The average Bonchev–Trinajstić information content (AvgIpc) is 3.22. The lowest BCUT2D eigenvalue weighted by Gasteiger charge is -2.72. The average molecular weight is 628 g/mol. The van der Waals surface area contributed by atoms with Gasteiger partial charge in [0, 0.05) is 11.8 Å². The number of ketones is 1. The molecule has 2 N–H and O–H groups in total. The number of ether oxygens (including phenoxy) is 2. The third kappa shape index (κ3) is 4.89. The van der Waals surface area contributed by atoms with Gasteiger partial charge in [0.15, 0.2) is 5.78 Å². The zero-order chi connectivity index (χ0) is 33.5. The molecule has 0 saturated heterocycles. The molecule has 0 aromatic carbocycles. The fourth-order valence-electron chi connectivity index (χ4n) is 11.8. The van der Waals surface area contributed by atoms with Crippen LogP contribution in [0.25, 0.3) is 0 Å². The van der Waals surface area contributed by atoms with Crippen molar-refractivity contribution in [2.75, 3.05) is 7.11 Å². The maximum Gasteiger partial charge on any atom is 0.407 e. The number of carboxylic acid groups (broad SMARTS) is 1. The molecule has 5 rings (SSSR count). The number of carbonyl (C=O) groups is 4. The molecular weight excluding hydrogens is 570 g/mol. The van der Waals surface area contributed by atoms with Crippen LogP contribution < -0.4 is 5.32 Å². The van der Waals surface area contributed by atoms with Gasteiger partial charge in [-0.1, -0.05) is 48.5 Å². The first kappa shape index (κ1) is 34.0. The van der Waals surface area contributed by atoms with Crippen molar-refractivity contribution in [1.29, 1.82) is 0 Å². The van der Waals surface area contributed by atoms with Crippen LogP contribution in [0.3, 0.4) is 0 Å². The molecule has 0 spiro atoms. The highest BCUT2D eigenvalue weighted by Gasteiger charge is 2.70. The highest BCUT2D eigenvalue weighted by Crippen LogP contribution is 2.75. The van der Waals surface area contributed by atoms with E-state index in [1.807, 2.05) is 0 Å². The van der Waals surface area contributed by atoms with Gasteiger partial charge in [0.25, 0.3) is 0 Å². The van der Waals surface area contributed by atoms with E-state index in [9.17, 15) is 24.3 Å². The number of aliphatic carboxylic acids is 1. The lowest BCUT2D eigenvalue weighted by molar-refractivity contribution is -0.232. The first-order valence-corrected chi connectivity index (χ1v) is 17.3. The molecule has 5 aliphatic carbocycles. The topological polar surface area (TPSA) is 119 Å². The first-order valence-electron chi connectivity index (χ1n) is 17.3. The van der Waals surface area contributed by atoms with Crippen molar-refractivity contribution in [2.45, 2.75) is 138 Å². The SMILES string of the molecule is COC(=O)N[C@@]12CC[C@]3(C)[C@H](CC[C@@H]4[C@@]5(C)CC[C@H](OC(=O)CC(C)(C)C(=O)O)C(C)(C)[C@@H]5CC[C@]43C)C1=C(C(C)C)C(=O)C2. The number of hydrogen-bond donors (Lipinski definition) is 2. The molecular formula is C37H57NO7. The Morgan fingerprint density at radius 1 is 0.933 bits per heavy atom. The standard InChI is InChI=1S/C37H57NO7/c1-21(2)28-23(39)19-37(38-31(43)44-10)18-17-35(8)22(29(28)37)11-12-25-34(7)15-14-26(45-27(40)20-32(3,4)30(41)42)33(5,6)24(34)13-16-36(25,35)9/h21-22,24-26H,11-20H2,1-10H3,(H,38,43)(H,41,42)/t22-,24+,25-,26+,34+,35-,36-,37-/m1/s1. The molecule has 0 aromatic rings. The molecule has 0 heterocycles. The van der Waals surface area contributed by atoms with Gasteiger partial charge in [0.1, 0.15) is 6.10 Å². The third-order valence-corrected chi connectivity index (χ3v) is 14.3. The maximum atomic E-state index is 13.6. The van der Waals surface area contributed by atoms with Gasteiger partial charge < -0.3 is 19.9 Å². The van der Waals surface area contributed by atoms with Crippen LogP contribution in [0.2, 0.25) is 0 Å². The number of amides is 1. The number of Topliss-reactive ketones (excluding diaryl/α,β-unsaturated/α-hetero) is 1. The highest BCUT2D eigenvalue weighted by atomic mass is 16.5. The molecule has 252 valence electrons. The second-order valence-electron chi connectivity index (χ2n) is 17.6. The van der Waals surface area contributed by atoms with Crippen molar-refractivity contribution in [3.8, 4) is 0 Å². The van der Waals surface area contributed by atoms with Crippen LogP contribution in [-0.2, 0) is 23.9 Å². The van der Waals surface area contributed by atoms with Crippen molar-refractivity contribution >= 4 is 23.8 Å². The molecule has 8 nitrogen and oxygen atoms in total. The van der Waals surface area contributed by atoms with Crippen LogP contribution in [0.4, 0.5) is 4.79 Å². The van der Waals surface area contributed by atoms with Gasteiger partial charge in [0.2, 0.25) is 0 Å². The van der Waals surface area contributed by atoms with Gasteiger partial charge in [-0.3, -0.25) is 14.4 Å². The van der Waals surface area contributed by atoms with Gasteiger partial charge in [-0.15, -0.1) is 0 Å². The van der Waals surface area contributed by atoms with E-state index in [2.05, 4.69) is 53.8 Å². The number of allylic oxidation sites excluding steroid dienone is 1. The largest absolute Gasteiger partial charge is 0.481 e. The van der Waals surface area contributed by atoms with E-state index in [-0.39, 0.29) is 51.8 Å². The summed E-state index contributed by atoms with van der Waals surface area (Å²) in [6.07, 6.45) is 7.07. The Hall–Kier alpha value is -2.38. The van der Waals surface area contributed by atoms with E-state index in [1.54, 1.807) is 13.8 Å². The quantitative estimate of drug-likeness (QED) is 0.293. The van der Waals surface area contributed by atoms with E-state index in [4.69, 9.17) is 9.47 Å². The van der Waals surface area contributed by atoms with Gasteiger partial charge in [0.05, 0.1) is 24.5 Å². The number of carbonyl (C=O) groups excluding carboxylic acids is 3. The van der Waals surface area contributed by atoms with E-state index < -0.39 is 29.0 Å². The molecule has 8 atom stereocenters. The van der Waals surface area contributed by atoms with Crippen molar-refractivity contribution in [2.24, 2.45) is 50.7 Å². The zero-order valence-corrected chi connectivity index (χ0v) is 29.4.